The lowest BCUT2D eigenvalue weighted by Gasteiger charge is -2.12. The van der Waals surface area contributed by atoms with E-state index in [1.807, 2.05) is 69.3 Å². The second-order valence-corrected chi connectivity index (χ2v) is 4.93. The predicted molar refractivity (Wildman–Crippen MR) is 80.4 cm³/mol. The largest absolute Gasteiger partial charge is 0.378 e. The summed E-state index contributed by atoms with van der Waals surface area (Å²) in [5.74, 6) is 0.0990. The van der Waals surface area contributed by atoms with Crippen molar-refractivity contribution in [1.29, 1.82) is 0 Å². The van der Waals surface area contributed by atoms with Gasteiger partial charge < -0.3 is 4.90 Å². The maximum atomic E-state index is 11.6. The van der Waals surface area contributed by atoms with E-state index in [-0.39, 0.29) is 5.78 Å². The number of carbonyl (C=O) groups excluding carboxylic acids is 1. The van der Waals surface area contributed by atoms with Crippen LogP contribution in [-0.4, -0.2) is 25.6 Å². The van der Waals surface area contributed by atoms with Gasteiger partial charge in [0.05, 0.1) is 11.4 Å². The first-order chi connectivity index (χ1) is 8.97. The number of Topliss-reactive ketones (excluding diaryl/α,β-unsaturated/α-hetero) is 1. The van der Waals surface area contributed by atoms with Crippen molar-refractivity contribution < 1.29 is 4.79 Å². The Morgan fingerprint density at radius 1 is 0.947 bits per heavy atom. The first-order valence-corrected chi connectivity index (χ1v) is 6.25. The minimum atomic E-state index is 0.0990. The van der Waals surface area contributed by atoms with E-state index >= 15 is 0 Å². The summed E-state index contributed by atoms with van der Waals surface area (Å²) in [6.45, 7) is 3.65. The number of anilines is 1. The van der Waals surface area contributed by atoms with Gasteiger partial charge >= 0.3 is 0 Å². The number of rotatable bonds is 2. The molecule has 1 aliphatic rings. The molecule has 1 aromatic carbocycles. The number of ketones is 1. The molecule has 0 radical (unpaired) electrons. The van der Waals surface area contributed by atoms with E-state index in [2.05, 4.69) is 4.99 Å². The molecule has 3 nitrogen and oxygen atoms in total. The zero-order chi connectivity index (χ0) is 14.0. The second-order valence-electron chi connectivity index (χ2n) is 4.93. The zero-order valence-corrected chi connectivity index (χ0v) is 11.8. The van der Waals surface area contributed by atoms with Crippen LogP contribution in [0.3, 0.4) is 0 Å². The lowest BCUT2D eigenvalue weighted by Crippen LogP contribution is -2.10. The van der Waals surface area contributed by atoms with Crippen molar-refractivity contribution in [2.24, 2.45) is 4.99 Å². The van der Waals surface area contributed by atoms with E-state index in [0.717, 1.165) is 28.2 Å². The summed E-state index contributed by atoms with van der Waals surface area (Å²) in [7, 11) is 4.01. The molecule has 0 spiro atoms. The highest BCUT2D eigenvalue weighted by Crippen LogP contribution is 2.20. The van der Waals surface area contributed by atoms with Gasteiger partial charge in [0, 0.05) is 19.8 Å². The highest BCUT2D eigenvalue weighted by Gasteiger charge is 2.13. The molecule has 2 rings (SSSR count). The number of hydrogen-bond acceptors (Lipinski definition) is 3. The van der Waals surface area contributed by atoms with Crippen molar-refractivity contribution in [3.8, 4) is 0 Å². The Morgan fingerprint density at radius 3 is 1.95 bits per heavy atom. The standard InChI is InChI=1S/C16H18N2O/c1-11-9-14(10-12(2)16(11)19)17-13-5-7-15(8-6-13)18(3)4/h5-10H,1-4H3. The summed E-state index contributed by atoms with van der Waals surface area (Å²) >= 11 is 0. The summed E-state index contributed by atoms with van der Waals surface area (Å²) in [6.07, 6.45) is 3.66. The third kappa shape index (κ3) is 2.99. The van der Waals surface area contributed by atoms with E-state index in [0.29, 0.717) is 0 Å². The number of aliphatic imine (C=N–C) groups is 1. The Balaban J connectivity index is 2.29. The fourth-order valence-electron chi connectivity index (χ4n) is 1.97. The zero-order valence-electron chi connectivity index (χ0n) is 11.8. The molecular weight excluding hydrogens is 236 g/mol. The minimum Gasteiger partial charge on any atom is -0.378 e. The molecule has 19 heavy (non-hydrogen) atoms. The summed E-state index contributed by atoms with van der Waals surface area (Å²) in [5, 5.41) is 0. The average molecular weight is 254 g/mol. The molecule has 0 atom stereocenters. The summed E-state index contributed by atoms with van der Waals surface area (Å²) in [6, 6.07) is 8.01. The number of nitrogens with zero attached hydrogens (tertiary/aromatic N) is 2. The maximum Gasteiger partial charge on any atom is 0.184 e. The van der Waals surface area contributed by atoms with Crippen LogP contribution in [0.2, 0.25) is 0 Å². The van der Waals surface area contributed by atoms with Crippen LogP contribution in [0.25, 0.3) is 0 Å². The van der Waals surface area contributed by atoms with E-state index in [4.69, 9.17) is 0 Å². The van der Waals surface area contributed by atoms with Crippen LogP contribution in [0.4, 0.5) is 11.4 Å². The van der Waals surface area contributed by atoms with Gasteiger partial charge in [0.25, 0.3) is 0 Å². The first kappa shape index (κ1) is 13.3. The van der Waals surface area contributed by atoms with Crippen LogP contribution in [0.15, 0.2) is 52.6 Å². The molecule has 0 unspecified atom stereocenters. The molecule has 0 fully saturated rings. The summed E-state index contributed by atoms with van der Waals surface area (Å²) < 4.78 is 0. The topological polar surface area (TPSA) is 32.7 Å². The van der Waals surface area contributed by atoms with Crippen LogP contribution >= 0.6 is 0 Å². The Kier molecular flexibility index (Phi) is 3.65. The molecule has 0 amide bonds. The van der Waals surface area contributed by atoms with E-state index in [1.165, 1.54) is 0 Å². The van der Waals surface area contributed by atoms with Crippen LogP contribution in [0.5, 0.6) is 0 Å². The van der Waals surface area contributed by atoms with Gasteiger partial charge in [-0.2, -0.15) is 0 Å². The van der Waals surface area contributed by atoms with Gasteiger partial charge in [-0.1, -0.05) is 0 Å². The lowest BCUT2D eigenvalue weighted by molar-refractivity contribution is -0.112. The first-order valence-electron chi connectivity index (χ1n) is 6.25. The number of benzene rings is 1. The normalized spacial score (nSPS) is 14.9. The number of hydrogen-bond donors (Lipinski definition) is 0. The van der Waals surface area contributed by atoms with Crippen molar-refractivity contribution in [3.05, 3.63) is 47.6 Å². The lowest BCUT2D eigenvalue weighted by atomic mass is 9.98. The minimum absolute atomic E-state index is 0.0990. The van der Waals surface area contributed by atoms with E-state index < -0.39 is 0 Å². The SMILES string of the molecule is CC1=CC(=Nc2ccc(N(C)C)cc2)C=C(C)C1=O. The molecule has 1 aliphatic carbocycles. The van der Waals surface area contributed by atoms with Gasteiger partial charge in [0.2, 0.25) is 0 Å². The van der Waals surface area contributed by atoms with Crippen LogP contribution in [-0.2, 0) is 4.79 Å². The van der Waals surface area contributed by atoms with Crippen molar-refractivity contribution in [2.75, 3.05) is 19.0 Å². The van der Waals surface area contributed by atoms with Crippen molar-refractivity contribution in [3.63, 3.8) is 0 Å². The number of allylic oxidation sites excluding steroid dienone is 4. The smallest absolute Gasteiger partial charge is 0.184 e. The Labute approximate surface area is 114 Å². The summed E-state index contributed by atoms with van der Waals surface area (Å²) in [4.78, 5) is 18.2. The molecule has 0 aliphatic heterocycles. The van der Waals surface area contributed by atoms with Gasteiger partial charge in [-0.15, -0.1) is 0 Å². The Morgan fingerprint density at radius 2 is 1.47 bits per heavy atom. The molecule has 98 valence electrons. The third-order valence-electron chi connectivity index (χ3n) is 3.07. The highest BCUT2D eigenvalue weighted by molar-refractivity contribution is 6.21. The molecule has 0 heterocycles. The summed E-state index contributed by atoms with van der Waals surface area (Å²) in [5.41, 5.74) is 4.34. The average Bonchev–Trinajstić information content (AvgIpc) is 2.36. The van der Waals surface area contributed by atoms with Crippen molar-refractivity contribution in [2.45, 2.75) is 13.8 Å². The Hall–Kier alpha value is -2.16. The molecule has 0 bridgehead atoms. The van der Waals surface area contributed by atoms with Gasteiger partial charge in [-0.05, 0) is 61.4 Å². The van der Waals surface area contributed by atoms with E-state index in [9.17, 15) is 4.79 Å². The molecule has 0 aromatic heterocycles. The molecule has 0 saturated carbocycles. The van der Waals surface area contributed by atoms with Crippen LogP contribution in [0, 0.1) is 0 Å². The molecule has 0 N–H and O–H groups in total. The van der Waals surface area contributed by atoms with Gasteiger partial charge in [0.15, 0.2) is 5.78 Å². The highest BCUT2D eigenvalue weighted by atomic mass is 16.1. The Bertz CT molecular complexity index is 566. The fraction of sp³-hybridized carbons (Fsp3) is 0.250. The molecule has 1 aromatic rings. The molecule has 0 saturated heterocycles. The third-order valence-corrected chi connectivity index (χ3v) is 3.07. The van der Waals surface area contributed by atoms with Gasteiger partial charge in [-0.25, -0.2) is 4.99 Å². The van der Waals surface area contributed by atoms with Gasteiger partial charge in [-0.3, -0.25) is 4.79 Å². The van der Waals surface area contributed by atoms with E-state index in [1.54, 1.807) is 0 Å². The molecule has 3 heteroatoms. The van der Waals surface area contributed by atoms with Crippen molar-refractivity contribution in [1.82, 2.24) is 0 Å². The monoisotopic (exact) mass is 254 g/mol. The van der Waals surface area contributed by atoms with Crippen molar-refractivity contribution >= 4 is 22.9 Å². The predicted octanol–water partition coefficient (Wildman–Crippen LogP) is 3.30. The fourth-order valence-corrected chi connectivity index (χ4v) is 1.97. The van der Waals surface area contributed by atoms with Gasteiger partial charge in [0.1, 0.15) is 0 Å². The second kappa shape index (κ2) is 5.22. The maximum absolute atomic E-state index is 11.6. The quantitative estimate of drug-likeness (QED) is 0.759. The van der Waals surface area contributed by atoms with Crippen LogP contribution < -0.4 is 4.90 Å². The number of carbonyl (C=O) groups is 1. The molecular formula is C16H18N2O. The van der Waals surface area contributed by atoms with Crippen LogP contribution in [0.1, 0.15) is 13.8 Å².